The molecule has 104 valence electrons. The summed E-state index contributed by atoms with van der Waals surface area (Å²) >= 11 is 4.99. The monoisotopic (exact) mass is 286 g/mol. The molecule has 0 aliphatic carbocycles. The van der Waals surface area contributed by atoms with Crippen molar-refractivity contribution in [3.05, 3.63) is 60.2 Å². The van der Waals surface area contributed by atoms with E-state index in [4.69, 9.17) is 22.7 Å². The molecule has 2 aromatic rings. The summed E-state index contributed by atoms with van der Waals surface area (Å²) in [4.78, 5) is 2.53. The molecule has 2 N–H and O–H groups in total. The molecular weight excluding hydrogens is 268 g/mol. The van der Waals surface area contributed by atoms with Gasteiger partial charge in [-0.25, -0.2) is 0 Å². The topological polar surface area (TPSA) is 38.5 Å². The molecular formula is C16H18N2OS. The maximum absolute atomic E-state index is 5.68. The number of anilines is 1. The van der Waals surface area contributed by atoms with Crippen LogP contribution < -0.4 is 15.4 Å². The third-order valence-electron chi connectivity index (χ3n) is 3.01. The van der Waals surface area contributed by atoms with Crippen molar-refractivity contribution >= 4 is 22.9 Å². The van der Waals surface area contributed by atoms with E-state index in [1.54, 1.807) is 0 Å². The van der Waals surface area contributed by atoms with Gasteiger partial charge in [-0.3, -0.25) is 0 Å². The molecule has 0 amide bonds. The predicted molar refractivity (Wildman–Crippen MR) is 87.5 cm³/mol. The van der Waals surface area contributed by atoms with Crippen LogP contribution in [-0.4, -0.2) is 25.2 Å². The van der Waals surface area contributed by atoms with Gasteiger partial charge in [-0.1, -0.05) is 42.5 Å². The Morgan fingerprint density at radius 2 is 1.90 bits per heavy atom. The number of hydrogen-bond acceptors (Lipinski definition) is 3. The molecule has 0 unspecified atom stereocenters. The third-order valence-corrected chi connectivity index (χ3v) is 3.25. The van der Waals surface area contributed by atoms with Crippen LogP contribution in [0.1, 0.15) is 5.56 Å². The highest BCUT2D eigenvalue weighted by Gasteiger charge is 2.03. The molecule has 0 radical (unpaired) electrons. The first kappa shape index (κ1) is 14.3. The van der Waals surface area contributed by atoms with Crippen molar-refractivity contribution in [3.8, 4) is 5.75 Å². The summed E-state index contributed by atoms with van der Waals surface area (Å²) in [6, 6.07) is 17.7. The zero-order valence-electron chi connectivity index (χ0n) is 11.5. The Hall–Kier alpha value is -2.07. The zero-order valence-corrected chi connectivity index (χ0v) is 12.3. The lowest BCUT2D eigenvalue weighted by molar-refractivity contribution is 0.326. The molecule has 3 nitrogen and oxygen atoms in total. The summed E-state index contributed by atoms with van der Waals surface area (Å²) < 4.78 is 5.68. The fourth-order valence-electron chi connectivity index (χ4n) is 1.84. The number of rotatable bonds is 6. The van der Waals surface area contributed by atoms with E-state index >= 15 is 0 Å². The molecule has 0 bridgehead atoms. The molecule has 4 heteroatoms. The Kier molecular flexibility index (Phi) is 4.96. The number of hydrogen-bond donors (Lipinski definition) is 1. The number of benzene rings is 2. The summed E-state index contributed by atoms with van der Waals surface area (Å²) in [7, 11) is 2.02. The summed E-state index contributed by atoms with van der Waals surface area (Å²) in [5, 5.41) is 0. The maximum atomic E-state index is 5.68. The number of ether oxygens (including phenoxy) is 1. The van der Waals surface area contributed by atoms with E-state index in [0.717, 1.165) is 23.5 Å². The quantitative estimate of drug-likeness (QED) is 0.829. The SMILES string of the molecule is CN(CCOc1ccccc1)c1cccc(C(N)=S)c1. The standard InChI is InChI=1S/C16H18N2OS/c1-18(10-11-19-15-8-3-2-4-9-15)14-7-5-6-13(12-14)16(17)20/h2-9,12H,10-11H2,1H3,(H2,17,20). The molecule has 2 aromatic carbocycles. The lowest BCUT2D eigenvalue weighted by Crippen LogP contribution is -2.24. The number of thiocarbonyl (C=S) groups is 1. The van der Waals surface area contributed by atoms with Crippen LogP contribution in [0.25, 0.3) is 0 Å². The highest BCUT2D eigenvalue weighted by Crippen LogP contribution is 2.15. The summed E-state index contributed by atoms with van der Waals surface area (Å²) in [6.07, 6.45) is 0. The van der Waals surface area contributed by atoms with Gasteiger partial charge in [-0.15, -0.1) is 0 Å². The minimum absolute atomic E-state index is 0.417. The van der Waals surface area contributed by atoms with Gasteiger partial charge in [0.25, 0.3) is 0 Å². The van der Waals surface area contributed by atoms with Crippen molar-refractivity contribution in [2.24, 2.45) is 5.73 Å². The van der Waals surface area contributed by atoms with Crippen molar-refractivity contribution in [3.63, 3.8) is 0 Å². The van der Waals surface area contributed by atoms with Gasteiger partial charge in [0, 0.05) is 18.3 Å². The number of nitrogens with two attached hydrogens (primary N) is 1. The van der Waals surface area contributed by atoms with Gasteiger partial charge in [-0.2, -0.15) is 0 Å². The normalized spacial score (nSPS) is 10.1. The molecule has 0 aliphatic rings. The van der Waals surface area contributed by atoms with E-state index < -0.39 is 0 Å². The first-order chi connectivity index (χ1) is 9.66. The van der Waals surface area contributed by atoms with Crippen molar-refractivity contribution < 1.29 is 4.74 Å². The number of nitrogens with zero attached hydrogens (tertiary/aromatic N) is 1. The van der Waals surface area contributed by atoms with Crippen molar-refractivity contribution in [2.75, 3.05) is 25.1 Å². The summed E-state index contributed by atoms with van der Waals surface area (Å²) in [6.45, 7) is 1.41. The smallest absolute Gasteiger partial charge is 0.119 e. The van der Waals surface area contributed by atoms with Crippen LogP contribution in [0.4, 0.5) is 5.69 Å². The number of likely N-dealkylation sites (N-methyl/N-ethyl adjacent to an activating group) is 1. The van der Waals surface area contributed by atoms with Crippen molar-refractivity contribution in [2.45, 2.75) is 0 Å². The summed E-state index contributed by atoms with van der Waals surface area (Å²) in [5.41, 5.74) is 7.61. The highest BCUT2D eigenvalue weighted by molar-refractivity contribution is 7.80. The molecule has 0 spiro atoms. The van der Waals surface area contributed by atoms with E-state index in [1.807, 2.05) is 61.6 Å². The fourth-order valence-corrected chi connectivity index (χ4v) is 1.97. The van der Waals surface area contributed by atoms with Crippen LogP contribution in [0, 0.1) is 0 Å². The largest absolute Gasteiger partial charge is 0.492 e. The van der Waals surface area contributed by atoms with Crippen LogP contribution in [0.5, 0.6) is 5.75 Å². The van der Waals surface area contributed by atoms with Crippen LogP contribution in [0.15, 0.2) is 54.6 Å². The van der Waals surface area contributed by atoms with Gasteiger partial charge in [0.1, 0.15) is 17.3 Å². The van der Waals surface area contributed by atoms with Gasteiger partial charge in [-0.05, 0) is 24.3 Å². The van der Waals surface area contributed by atoms with E-state index in [0.29, 0.717) is 11.6 Å². The lowest BCUT2D eigenvalue weighted by atomic mass is 10.2. The molecule has 0 fully saturated rings. The van der Waals surface area contributed by atoms with Gasteiger partial charge >= 0.3 is 0 Å². The molecule has 0 heterocycles. The minimum Gasteiger partial charge on any atom is -0.492 e. The maximum Gasteiger partial charge on any atom is 0.119 e. The first-order valence-corrected chi connectivity index (χ1v) is 6.86. The van der Waals surface area contributed by atoms with E-state index in [-0.39, 0.29) is 0 Å². The highest BCUT2D eigenvalue weighted by atomic mass is 32.1. The Balaban J connectivity index is 1.90. The van der Waals surface area contributed by atoms with Gasteiger partial charge in [0.2, 0.25) is 0 Å². The molecule has 0 atom stereocenters. The average molecular weight is 286 g/mol. The van der Waals surface area contributed by atoms with Crippen molar-refractivity contribution in [1.82, 2.24) is 0 Å². The van der Waals surface area contributed by atoms with Gasteiger partial charge in [0.05, 0.1) is 6.54 Å². The molecule has 0 aliphatic heterocycles. The zero-order chi connectivity index (χ0) is 14.4. The number of para-hydroxylation sites is 1. The van der Waals surface area contributed by atoms with E-state index in [9.17, 15) is 0 Å². The Labute approximate surface area is 125 Å². The van der Waals surface area contributed by atoms with Gasteiger partial charge < -0.3 is 15.4 Å². The Morgan fingerprint density at radius 3 is 2.60 bits per heavy atom. The Bertz CT molecular complexity index is 572. The average Bonchev–Trinajstić information content (AvgIpc) is 2.48. The molecule has 2 rings (SSSR count). The minimum atomic E-state index is 0.417. The second kappa shape index (κ2) is 6.91. The van der Waals surface area contributed by atoms with Crippen LogP contribution >= 0.6 is 12.2 Å². The second-order valence-corrected chi connectivity index (χ2v) is 4.94. The molecule has 0 aromatic heterocycles. The molecule has 0 saturated carbocycles. The van der Waals surface area contributed by atoms with Crippen LogP contribution in [-0.2, 0) is 0 Å². The third kappa shape index (κ3) is 3.96. The molecule has 0 saturated heterocycles. The van der Waals surface area contributed by atoms with Crippen molar-refractivity contribution in [1.29, 1.82) is 0 Å². The second-order valence-electron chi connectivity index (χ2n) is 4.50. The van der Waals surface area contributed by atoms with E-state index in [1.165, 1.54) is 0 Å². The first-order valence-electron chi connectivity index (χ1n) is 6.45. The lowest BCUT2D eigenvalue weighted by Gasteiger charge is -2.20. The molecule has 20 heavy (non-hydrogen) atoms. The van der Waals surface area contributed by atoms with Crippen LogP contribution in [0.2, 0.25) is 0 Å². The fraction of sp³-hybridized carbons (Fsp3) is 0.188. The Morgan fingerprint density at radius 1 is 1.15 bits per heavy atom. The van der Waals surface area contributed by atoms with Gasteiger partial charge in [0.15, 0.2) is 0 Å². The summed E-state index contributed by atoms with van der Waals surface area (Å²) in [5.74, 6) is 0.887. The van der Waals surface area contributed by atoms with E-state index in [2.05, 4.69) is 4.90 Å². The van der Waals surface area contributed by atoms with Crippen LogP contribution in [0.3, 0.4) is 0 Å². The predicted octanol–water partition coefficient (Wildman–Crippen LogP) is 2.84.